The number of amides is 2. The third kappa shape index (κ3) is 4.68. The minimum absolute atomic E-state index is 0.224. The number of nitrogens with zero attached hydrogens (tertiary/aromatic N) is 2. The fourth-order valence-corrected chi connectivity index (χ4v) is 3.44. The Balaban J connectivity index is 1.99. The van der Waals surface area contributed by atoms with Crippen LogP contribution >= 0.6 is 0 Å². The van der Waals surface area contributed by atoms with E-state index in [-0.39, 0.29) is 12.6 Å². The van der Waals surface area contributed by atoms with Crippen LogP contribution in [0.4, 0.5) is 10.5 Å². The van der Waals surface area contributed by atoms with Crippen molar-refractivity contribution in [1.29, 1.82) is 5.26 Å². The van der Waals surface area contributed by atoms with Crippen LogP contribution in [0.5, 0.6) is 0 Å². The first-order chi connectivity index (χ1) is 10.8. The van der Waals surface area contributed by atoms with Crippen molar-refractivity contribution in [3.63, 3.8) is 0 Å². The molecule has 0 radical (unpaired) electrons. The number of anilines is 1. The molecule has 1 fully saturated rings. The molecule has 1 saturated heterocycles. The van der Waals surface area contributed by atoms with E-state index in [2.05, 4.69) is 10.6 Å². The molecule has 1 aromatic rings. The van der Waals surface area contributed by atoms with E-state index in [1.54, 1.807) is 18.2 Å². The molecule has 1 aromatic carbocycles. The molecule has 1 atom stereocenters. The number of nitriles is 1. The van der Waals surface area contributed by atoms with Crippen molar-refractivity contribution in [3.8, 4) is 6.07 Å². The van der Waals surface area contributed by atoms with Crippen LogP contribution in [-0.2, 0) is 10.0 Å². The first kappa shape index (κ1) is 17.2. The molecule has 0 spiro atoms. The predicted octanol–water partition coefficient (Wildman–Crippen LogP) is 1.41. The van der Waals surface area contributed by atoms with Crippen LogP contribution < -0.4 is 10.6 Å². The van der Waals surface area contributed by atoms with Crippen molar-refractivity contribution in [2.24, 2.45) is 0 Å². The summed E-state index contributed by atoms with van der Waals surface area (Å²) in [7, 11) is -3.24. The third-order valence-corrected chi connectivity index (χ3v) is 5.07. The summed E-state index contributed by atoms with van der Waals surface area (Å²) in [5.41, 5.74) is 1.88. The standard InChI is InChI=1S/C15H20N4O3S/c1-11-5-6-12(9-16)8-14(11)18-15(20)17-13-4-3-7-19(10-13)23(2,21)22/h5-6,8,13H,3-4,7,10H2,1-2H3,(H2,17,18,20). The normalized spacial score (nSPS) is 18.9. The van der Waals surface area contributed by atoms with Gasteiger partial charge in [0.15, 0.2) is 0 Å². The molecule has 0 aromatic heterocycles. The highest BCUT2D eigenvalue weighted by atomic mass is 32.2. The summed E-state index contributed by atoms with van der Waals surface area (Å²) < 4.78 is 24.6. The number of sulfonamides is 1. The Morgan fingerprint density at radius 2 is 2.17 bits per heavy atom. The lowest BCUT2D eigenvalue weighted by atomic mass is 10.1. The number of aryl methyl sites for hydroxylation is 1. The van der Waals surface area contributed by atoms with Gasteiger partial charge >= 0.3 is 6.03 Å². The average Bonchev–Trinajstić information content (AvgIpc) is 2.49. The van der Waals surface area contributed by atoms with Gasteiger partial charge in [-0.25, -0.2) is 17.5 Å². The van der Waals surface area contributed by atoms with Gasteiger partial charge < -0.3 is 10.6 Å². The maximum absolute atomic E-state index is 12.1. The lowest BCUT2D eigenvalue weighted by molar-refractivity contribution is 0.236. The number of nitrogens with one attached hydrogen (secondary N) is 2. The van der Waals surface area contributed by atoms with Gasteiger partial charge in [0, 0.05) is 24.8 Å². The highest BCUT2D eigenvalue weighted by Crippen LogP contribution is 2.17. The number of benzene rings is 1. The number of piperidine rings is 1. The first-order valence-corrected chi connectivity index (χ1v) is 9.18. The van der Waals surface area contributed by atoms with Crippen LogP contribution in [-0.4, -0.2) is 44.1 Å². The molecule has 2 N–H and O–H groups in total. The van der Waals surface area contributed by atoms with Crippen LogP contribution in [0.15, 0.2) is 18.2 Å². The van der Waals surface area contributed by atoms with Gasteiger partial charge in [-0.3, -0.25) is 0 Å². The molecule has 1 aliphatic rings. The number of urea groups is 1. The van der Waals surface area contributed by atoms with Gasteiger partial charge in [-0.05, 0) is 37.5 Å². The van der Waals surface area contributed by atoms with Crippen LogP contribution in [0, 0.1) is 18.3 Å². The zero-order valence-electron chi connectivity index (χ0n) is 13.2. The summed E-state index contributed by atoms with van der Waals surface area (Å²) in [5, 5.41) is 14.4. The molecule has 2 rings (SSSR count). The largest absolute Gasteiger partial charge is 0.334 e. The molecule has 2 amide bonds. The SMILES string of the molecule is Cc1ccc(C#N)cc1NC(=O)NC1CCCN(S(C)(=O)=O)C1. The van der Waals surface area contributed by atoms with Crippen LogP contribution in [0.1, 0.15) is 24.0 Å². The van der Waals surface area contributed by atoms with E-state index in [4.69, 9.17) is 5.26 Å². The molecule has 1 unspecified atom stereocenters. The van der Waals surface area contributed by atoms with Gasteiger partial charge in [0.05, 0.1) is 17.9 Å². The number of rotatable bonds is 3. The van der Waals surface area contributed by atoms with Gasteiger partial charge in [0.25, 0.3) is 0 Å². The first-order valence-electron chi connectivity index (χ1n) is 7.33. The second-order valence-corrected chi connectivity index (χ2v) is 7.68. The Hall–Kier alpha value is -2.11. The van der Waals surface area contributed by atoms with Crippen molar-refractivity contribution < 1.29 is 13.2 Å². The van der Waals surface area contributed by atoms with E-state index in [9.17, 15) is 13.2 Å². The van der Waals surface area contributed by atoms with Crippen molar-refractivity contribution in [3.05, 3.63) is 29.3 Å². The Bertz CT molecular complexity index is 740. The number of hydrogen-bond donors (Lipinski definition) is 2. The molecule has 0 bridgehead atoms. The van der Waals surface area contributed by atoms with Crippen molar-refractivity contribution in [2.75, 3.05) is 24.7 Å². The molecular formula is C15H20N4O3S. The summed E-state index contributed by atoms with van der Waals surface area (Å²) in [6.45, 7) is 2.61. The highest BCUT2D eigenvalue weighted by Gasteiger charge is 2.26. The second-order valence-electron chi connectivity index (χ2n) is 5.70. The molecule has 0 aliphatic carbocycles. The van der Waals surface area contributed by atoms with Gasteiger partial charge in [-0.2, -0.15) is 5.26 Å². The fourth-order valence-electron chi connectivity index (χ4n) is 2.53. The summed E-state index contributed by atoms with van der Waals surface area (Å²) in [6.07, 6.45) is 2.61. The minimum atomic E-state index is -3.24. The van der Waals surface area contributed by atoms with E-state index in [1.807, 2.05) is 13.0 Å². The Morgan fingerprint density at radius 1 is 1.43 bits per heavy atom. The molecule has 23 heavy (non-hydrogen) atoms. The highest BCUT2D eigenvalue weighted by molar-refractivity contribution is 7.88. The predicted molar refractivity (Wildman–Crippen MR) is 87.5 cm³/mol. The lowest BCUT2D eigenvalue weighted by Crippen LogP contribution is -2.50. The van der Waals surface area contributed by atoms with E-state index in [1.165, 1.54) is 10.6 Å². The number of hydrogen-bond acceptors (Lipinski definition) is 4. The van der Waals surface area contributed by atoms with Gasteiger partial charge in [-0.1, -0.05) is 6.07 Å². The van der Waals surface area contributed by atoms with E-state index in [0.29, 0.717) is 24.2 Å². The minimum Gasteiger partial charge on any atom is -0.334 e. The number of carbonyl (C=O) groups excluding carboxylic acids is 1. The third-order valence-electron chi connectivity index (χ3n) is 3.80. The monoisotopic (exact) mass is 336 g/mol. The topological polar surface area (TPSA) is 102 Å². The maximum atomic E-state index is 12.1. The molecule has 1 aliphatic heterocycles. The van der Waals surface area contributed by atoms with E-state index < -0.39 is 16.1 Å². The van der Waals surface area contributed by atoms with Gasteiger partial charge in [0.2, 0.25) is 10.0 Å². The van der Waals surface area contributed by atoms with Crippen LogP contribution in [0.25, 0.3) is 0 Å². The maximum Gasteiger partial charge on any atom is 0.319 e. The van der Waals surface area contributed by atoms with E-state index >= 15 is 0 Å². The van der Waals surface area contributed by atoms with Gasteiger partial charge in [0.1, 0.15) is 0 Å². The summed E-state index contributed by atoms with van der Waals surface area (Å²) >= 11 is 0. The lowest BCUT2D eigenvalue weighted by Gasteiger charge is -2.31. The molecule has 124 valence electrons. The van der Waals surface area contributed by atoms with Crippen molar-refractivity contribution in [1.82, 2.24) is 9.62 Å². The van der Waals surface area contributed by atoms with Crippen LogP contribution in [0.2, 0.25) is 0 Å². The molecule has 7 nitrogen and oxygen atoms in total. The van der Waals surface area contributed by atoms with Crippen molar-refractivity contribution in [2.45, 2.75) is 25.8 Å². The van der Waals surface area contributed by atoms with Crippen molar-refractivity contribution >= 4 is 21.7 Å². The molecular weight excluding hydrogens is 316 g/mol. The Labute approximate surface area is 136 Å². The second kappa shape index (κ2) is 6.98. The Morgan fingerprint density at radius 3 is 2.83 bits per heavy atom. The van der Waals surface area contributed by atoms with E-state index in [0.717, 1.165) is 12.0 Å². The molecule has 0 saturated carbocycles. The zero-order valence-corrected chi connectivity index (χ0v) is 14.0. The molecule has 8 heteroatoms. The smallest absolute Gasteiger partial charge is 0.319 e. The molecule has 1 heterocycles. The Kier molecular flexibility index (Phi) is 5.23. The summed E-state index contributed by atoms with van der Waals surface area (Å²) in [4.78, 5) is 12.1. The quantitative estimate of drug-likeness (QED) is 0.871. The number of carbonyl (C=O) groups is 1. The zero-order chi connectivity index (χ0) is 17.0. The average molecular weight is 336 g/mol. The fraction of sp³-hybridized carbons (Fsp3) is 0.467. The summed E-state index contributed by atoms with van der Waals surface area (Å²) in [6, 6.07) is 6.46. The summed E-state index contributed by atoms with van der Waals surface area (Å²) in [5.74, 6) is 0. The van der Waals surface area contributed by atoms with Crippen LogP contribution in [0.3, 0.4) is 0 Å². The van der Waals surface area contributed by atoms with Gasteiger partial charge in [-0.15, -0.1) is 0 Å².